The Kier molecular flexibility index (Phi) is 6.34. The Bertz CT molecular complexity index is 949. The Morgan fingerprint density at radius 1 is 1.04 bits per heavy atom. The summed E-state index contributed by atoms with van der Waals surface area (Å²) in [5.41, 5.74) is 2.34. The molecule has 0 unspecified atom stereocenters. The number of aromatic nitrogens is 1. The van der Waals surface area contributed by atoms with Crippen molar-refractivity contribution in [1.29, 1.82) is 0 Å². The first-order chi connectivity index (χ1) is 11.0. The molecule has 0 saturated heterocycles. The van der Waals surface area contributed by atoms with Crippen molar-refractivity contribution >= 4 is 58.5 Å². The van der Waals surface area contributed by atoms with Crippen LogP contribution in [0.4, 0.5) is 4.39 Å². The second kappa shape index (κ2) is 7.89. The highest BCUT2D eigenvalue weighted by atomic mass is 35.5. The van der Waals surface area contributed by atoms with Gasteiger partial charge in [0.15, 0.2) is 4.80 Å². The Morgan fingerprint density at radius 3 is 2.42 bits per heavy atom. The molecule has 8 heteroatoms. The van der Waals surface area contributed by atoms with Crippen molar-refractivity contribution in [1.82, 2.24) is 4.57 Å². The van der Waals surface area contributed by atoms with Crippen LogP contribution < -0.4 is 4.80 Å². The summed E-state index contributed by atoms with van der Waals surface area (Å²) in [5, 5.41) is 3.05. The molecule has 24 heavy (non-hydrogen) atoms. The molecule has 0 aliphatic rings. The SMILES string of the molecule is CN=c1scc(-c2ccc(F)c(Cl)c2)n1-c1ccc(Cl)cc1Cl.Cl. The summed E-state index contributed by atoms with van der Waals surface area (Å²) in [7, 11) is 1.70. The number of halogens is 5. The fraction of sp³-hybridized carbons (Fsp3) is 0.0625. The zero-order chi connectivity index (χ0) is 16.6. The molecule has 0 spiro atoms. The van der Waals surface area contributed by atoms with E-state index >= 15 is 0 Å². The second-order valence-corrected chi connectivity index (χ2v) is 6.77. The molecule has 1 aromatic heterocycles. The van der Waals surface area contributed by atoms with Gasteiger partial charge in [-0.25, -0.2) is 4.39 Å². The fourth-order valence-electron chi connectivity index (χ4n) is 2.22. The Balaban J connectivity index is 0.00000208. The molecule has 0 amide bonds. The second-order valence-electron chi connectivity index (χ2n) is 4.69. The van der Waals surface area contributed by atoms with Gasteiger partial charge in [0.05, 0.1) is 21.4 Å². The van der Waals surface area contributed by atoms with Crippen LogP contribution in [0.2, 0.25) is 15.1 Å². The van der Waals surface area contributed by atoms with Gasteiger partial charge in [0.25, 0.3) is 0 Å². The van der Waals surface area contributed by atoms with Crippen LogP contribution in [0.25, 0.3) is 16.9 Å². The van der Waals surface area contributed by atoms with Crippen molar-refractivity contribution in [2.75, 3.05) is 7.05 Å². The monoisotopic (exact) mass is 422 g/mol. The largest absolute Gasteiger partial charge is 0.284 e. The normalized spacial score (nSPS) is 11.5. The van der Waals surface area contributed by atoms with Gasteiger partial charge in [0, 0.05) is 23.0 Å². The van der Waals surface area contributed by atoms with Gasteiger partial charge in [-0.2, -0.15) is 0 Å². The van der Waals surface area contributed by atoms with Crippen molar-refractivity contribution in [3.8, 4) is 16.9 Å². The molecular weight excluding hydrogens is 413 g/mol. The van der Waals surface area contributed by atoms with Crippen molar-refractivity contribution in [3.63, 3.8) is 0 Å². The lowest BCUT2D eigenvalue weighted by Crippen LogP contribution is -2.14. The summed E-state index contributed by atoms with van der Waals surface area (Å²) in [6.45, 7) is 0. The third kappa shape index (κ3) is 3.63. The van der Waals surface area contributed by atoms with E-state index in [4.69, 9.17) is 34.8 Å². The van der Waals surface area contributed by atoms with Crippen LogP contribution in [0.3, 0.4) is 0 Å². The summed E-state index contributed by atoms with van der Waals surface area (Å²) < 4.78 is 15.3. The Morgan fingerprint density at radius 2 is 1.79 bits per heavy atom. The van der Waals surface area contributed by atoms with Crippen LogP contribution >= 0.6 is 58.5 Å². The first kappa shape index (κ1) is 19.3. The van der Waals surface area contributed by atoms with Crippen molar-refractivity contribution < 1.29 is 4.39 Å². The maximum Gasteiger partial charge on any atom is 0.189 e. The molecule has 0 saturated carbocycles. The lowest BCUT2D eigenvalue weighted by Gasteiger charge is -2.11. The van der Waals surface area contributed by atoms with Crippen LogP contribution in [0.15, 0.2) is 46.8 Å². The Labute approximate surface area is 163 Å². The van der Waals surface area contributed by atoms with Crippen molar-refractivity contribution in [2.45, 2.75) is 0 Å². The molecule has 0 radical (unpaired) electrons. The van der Waals surface area contributed by atoms with Crippen LogP contribution in [0, 0.1) is 5.82 Å². The highest BCUT2D eigenvalue weighted by Gasteiger charge is 2.14. The predicted molar refractivity (Wildman–Crippen MR) is 103 cm³/mol. The highest BCUT2D eigenvalue weighted by Crippen LogP contribution is 2.31. The average Bonchev–Trinajstić information content (AvgIpc) is 2.94. The zero-order valence-electron chi connectivity index (χ0n) is 12.3. The Hall–Kier alpha value is -1.04. The van der Waals surface area contributed by atoms with Gasteiger partial charge in [0.2, 0.25) is 0 Å². The van der Waals surface area contributed by atoms with Gasteiger partial charge < -0.3 is 0 Å². The molecule has 0 bridgehead atoms. The molecule has 126 valence electrons. The maximum atomic E-state index is 13.4. The van der Waals surface area contributed by atoms with Crippen LogP contribution in [-0.4, -0.2) is 11.6 Å². The van der Waals surface area contributed by atoms with E-state index in [9.17, 15) is 4.39 Å². The number of hydrogen-bond donors (Lipinski definition) is 0. The third-order valence-corrected chi connectivity index (χ3v) is 5.01. The van der Waals surface area contributed by atoms with E-state index in [0.29, 0.717) is 10.0 Å². The van der Waals surface area contributed by atoms with Gasteiger partial charge in [-0.1, -0.05) is 34.8 Å². The minimum Gasteiger partial charge on any atom is -0.284 e. The first-order valence-electron chi connectivity index (χ1n) is 6.55. The van der Waals surface area contributed by atoms with Gasteiger partial charge >= 0.3 is 0 Å². The van der Waals surface area contributed by atoms with Crippen molar-refractivity contribution in [3.05, 3.63) is 67.5 Å². The molecule has 3 rings (SSSR count). The number of hydrogen-bond acceptors (Lipinski definition) is 2. The topological polar surface area (TPSA) is 17.3 Å². The lowest BCUT2D eigenvalue weighted by molar-refractivity contribution is 0.628. The van der Waals surface area contributed by atoms with E-state index in [1.807, 2.05) is 16.0 Å². The third-order valence-electron chi connectivity index (χ3n) is 3.27. The molecule has 0 fully saturated rings. The summed E-state index contributed by atoms with van der Waals surface area (Å²) in [4.78, 5) is 5.03. The maximum absolute atomic E-state index is 13.4. The van der Waals surface area contributed by atoms with E-state index in [1.165, 1.54) is 17.4 Å². The lowest BCUT2D eigenvalue weighted by atomic mass is 10.1. The molecule has 2 aromatic carbocycles. The van der Waals surface area contributed by atoms with Gasteiger partial charge in [-0.15, -0.1) is 23.7 Å². The van der Waals surface area contributed by atoms with Crippen LogP contribution in [-0.2, 0) is 0 Å². The highest BCUT2D eigenvalue weighted by molar-refractivity contribution is 7.07. The quantitative estimate of drug-likeness (QED) is 0.463. The summed E-state index contributed by atoms with van der Waals surface area (Å²) in [6, 6.07) is 9.84. The van der Waals surface area contributed by atoms with Gasteiger partial charge in [-0.05, 0) is 36.4 Å². The van der Waals surface area contributed by atoms with E-state index < -0.39 is 5.82 Å². The van der Waals surface area contributed by atoms with Gasteiger partial charge in [-0.3, -0.25) is 9.56 Å². The predicted octanol–water partition coefficient (Wildman–Crippen LogP) is 6.26. The van der Waals surface area contributed by atoms with E-state index in [-0.39, 0.29) is 17.4 Å². The summed E-state index contributed by atoms with van der Waals surface area (Å²) in [6.07, 6.45) is 0. The average molecular weight is 424 g/mol. The van der Waals surface area contributed by atoms with Crippen LogP contribution in [0.5, 0.6) is 0 Å². The number of benzene rings is 2. The van der Waals surface area contributed by atoms with E-state index in [1.54, 1.807) is 31.3 Å². The first-order valence-corrected chi connectivity index (χ1v) is 8.57. The zero-order valence-corrected chi connectivity index (χ0v) is 16.2. The minimum atomic E-state index is -0.456. The number of nitrogens with zero attached hydrogens (tertiary/aromatic N) is 2. The minimum absolute atomic E-state index is 0. The molecule has 2 nitrogen and oxygen atoms in total. The smallest absolute Gasteiger partial charge is 0.189 e. The van der Waals surface area contributed by atoms with Gasteiger partial charge in [0.1, 0.15) is 5.82 Å². The standard InChI is InChI=1S/C16H10Cl3FN2S.ClH/c1-21-16-22(14-5-3-10(17)7-12(14)19)15(8-23-16)9-2-4-13(20)11(18)6-9;/h2-8H,1H3;1H. The molecule has 0 aliphatic carbocycles. The number of thiazole rings is 1. The molecule has 3 aromatic rings. The molecule has 0 N–H and O–H groups in total. The molecule has 1 heterocycles. The van der Waals surface area contributed by atoms with Crippen LogP contribution in [0.1, 0.15) is 0 Å². The molecular formula is C16H11Cl4FN2S. The molecule has 0 atom stereocenters. The summed E-state index contributed by atoms with van der Waals surface area (Å²) in [5.74, 6) is -0.456. The summed E-state index contributed by atoms with van der Waals surface area (Å²) >= 11 is 19.7. The van der Waals surface area contributed by atoms with E-state index in [2.05, 4.69) is 4.99 Å². The number of rotatable bonds is 2. The fourth-order valence-corrected chi connectivity index (χ4v) is 3.76. The van der Waals surface area contributed by atoms with E-state index in [0.717, 1.165) is 21.7 Å². The van der Waals surface area contributed by atoms with Crippen molar-refractivity contribution in [2.24, 2.45) is 4.99 Å². The molecule has 0 aliphatic heterocycles.